The Morgan fingerprint density at radius 3 is 2.66 bits per heavy atom. The van der Waals surface area contributed by atoms with Crippen molar-refractivity contribution >= 4 is 16.9 Å². The van der Waals surface area contributed by atoms with E-state index in [0.717, 1.165) is 74.2 Å². The zero-order valence-electron chi connectivity index (χ0n) is 16.8. The normalized spacial score (nSPS) is 13.5. The number of amides is 1. The van der Waals surface area contributed by atoms with Gasteiger partial charge in [0.15, 0.2) is 0 Å². The van der Waals surface area contributed by atoms with E-state index in [4.69, 9.17) is 9.72 Å². The molecule has 0 radical (unpaired) electrons. The van der Waals surface area contributed by atoms with Gasteiger partial charge in [0.1, 0.15) is 18.2 Å². The van der Waals surface area contributed by atoms with Crippen molar-refractivity contribution < 1.29 is 9.53 Å². The summed E-state index contributed by atoms with van der Waals surface area (Å²) in [6.45, 7) is 2.18. The van der Waals surface area contributed by atoms with Crippen molar-refractivity contribution in [3.05, 3.63) is 60.4 Å². The van der Waals surface area contributed by atoms with Crippen molar-refractivity contribution in [2.24, 2.45) is 5.92 Å². The summed E-state index contributed by atoms with van der Waals surface area (Å²) < 4.78 is 8.18. The molecule has 1 N–H and O–H groups in total. The van der Waals surface area contributed by atoms with Gasteiger partial charge in [0, 0.05) is 18.9 Å². The average Bonchev–Trinajstić information content (AvgIpc) is 3.55. The first-order valence-corrected chi connectivity index (χ1v) is 10.7. The Balaban J connectivity index is 1.29. The van der Waals surface area contributed by atoms with E-state index in [1.54, 1.807) is 0 Å². The van der Waals surface area contributed by atoms with Gasteiger partial charge in [-0.2, -0.15) is 0 Å². The molecule has 1 amide bonds. The molecule has 29 heavy (non-hydrogen) atoms. The number of ether oxygens (including phenoxy) is 1. The highest BCUT2D eigenvalue weighted by molar-refractivity contribution is 5.80. The largest absolute Gasteiger partial charge is 0.492 e. The zero-order chi connectivity index (χ0) is 19.9. The summed E-state index contributed by atoms with van der Waals surface area (Å²) in [7, 11) is 0. The smallest absolute Gasteiger partial charge is 0.223 e. The molecule has 0 spiro atoms. The lowest BCUT2D eigenvalue weighted by Crippen LogP contribution is -2.25. The van der Waals surface area contributed by atoms with Crippen molar-refractivity contribution in [2.75, 3.05) is 13.2 Å². The standard InChI is InChI=1S/C24H29N3O2/c28-24(19-14-15-19)25-16-8-2-5-13-23-26-21-11-6-7-12-22(21)27(23)17-18-29-20-9-3-1-4-10-20/h1,3-4,6-7,9-12,19H,2,5,8,13-18H2,(H,25,28). The SMILES string of the molecule is O=C(NCCCCCc1nc2ccccc2n1CCOc1ccccc1)C1CC1. The summed E-state index contributed by atoms with van der Waals surface area (Å²) in [4.78, 5) is 16.5. The van der Waals surface area contributed by atoms with Crippen molar-refractivity contribution in [3.63, 3.8) is 0 Å². The predicted molar refractivity (Wildman–Crippen MR) is 115 cm³/mol. The van der Waals surface area contributed by atoms with Crippen LogP contribution < -0.4 is 10.1 Å². The number of hydrogen-bond donors (Lipinski definition) is 1. The molecule has 0 unspecified atom stereocenters. The number of imidazole rings is 1. The van der Waals surface area contributed by atoms with Crippen LogP contribution in [0.2, 0.25) is 0 Å². The maximum atomic E-state index is 11.7. The number of rotatable bonds is 11. The van der Waals surface area contributed by atoms with Crippen molar-refractivity contribution in [2.45, 2.75) is 45.1 Å². The fourth-order valence-corrected chi connectivity index (χ4v) is 3.62. The summed E-state index contributed by atoms with van der Waals surface area (Å²) >= 11 is 0. The first-order chi connectivity index (χ1) is 14.3. The minimum absolute atomic E-state index is 0.241. The number of hydrogen-bond acceptors (Lipinski definition) is 3. The Morgan fingerprint density at radius 2 is 1.83 bits per heavy atom. The number of carbonyl (C=O) groups excluding carboxylic acids is 1. The molecule has 4 rings (SSSR count). The summed E-state index contributed by atoms with van der Waals surface area (Å²) in [5.74, 6) is 2.55. The van der Waals surface area contributed by atoms with Crippen molar-refractivity contribution in [1.82, 2.24) is 14.9 Å². The lowest BCUT2D eigenvalue weighted by atomic mass is 10.2. The number of aryl methyl sites for hydroxylation is 1. The van der Waals surface area contributed by atoms with Crippen LogP contribution in [-0.4, -0.2) is 28.6 Å². The van der Waals surface area contributed by atoms with Gasteiger partial charge in [-0.25, -0.2) is 4.98 Å². The molecule has 1 aliphatic carbocycles. The maximum Gasteiger partial charge on any atom is 0.223 e. The number of benzene rings is 2. The van der Waals surface area contributed by atoms with E-state index in [2.05, 4.69) is 28.1 Å². The van der Waals surface area contributed by atoms with E-state index in [9.17, 15) is 4.79 Å². The van der Waals surface area contributed by atoms with Gasteiger partial charge < -0.3 is 14.6 Å². The number of aromatic nitrogens is 2. The van der Waals surface area contributed by atoms with Gasteiger partial charge in [0.25, 0.3) is 0 Å². The zero-order valence-corrected chi connectivity index (χ0v) is 16.8. The van der Waals surface area contributed by atoms with Gasteiger partial charge in [-0.05, 0) is 49.9 Å². The van der Waals surface area contributed by atoms with E-state index in [1.165, 1.54) is 0 Å². The number of fused-ring (bicyclic) bond motifs is 1. The van der Waals surface area contributed by atoms with Crippen LogP contribution in [0.1, 0.15) is 37.9 Å². The van der Waals surface area contributed by atoms with E-state index in [-0.39, 0.29) is 5.91 Å². The molecule has 2 aromatic carbocycles. The summed E-state index contributed by atoms with van der Waals surface area (Å²) in [5, 5.41) is 3.04. The molecule has 1 heterocycles. The molecule has 1 aliphatic rings. The Hall–Kier alpha value is -2.82. The molecule has 0 atom stereocenters. The highest BCUT2D eigenvalue weighted by Gasteiger charge is 2.28. The Morgan fingerprint density at radius 1 is 1.03 bits per heavy atom. The number of carbonyl (C=O) groups is 1. The minimum Gasteiger partial charge on any atom is -0.492 e. The average molecular weight is 392 g/mol. The molecule has 0 saturated heterocycles. The molecule has 1 saturated carbocycles. The maximum absolute atomic E-state index is 11.7. The topological polar surface area (TPSA) is 56.2 Å². The number of nitrogens with one attached hydrogen (secondary N) is 1. The Kier molecular flexibility index (Phi) is 6.45. The highest BCUT2D eigenvalue weighted by Crippen LogP contribution is 2.28. The van der Waals surface area contributed by atoms with Crippen LogP contribution >= 0.6 is 0 Å². The van der Waals surface area contributed by atoms with Crippen LogP contribution in [0.25, 0.3) is 11.0 Å². The summed E-state index contributed by atoms with van der Waals surface area (Å²) in [6.07, 6.45) is 6.26. The van der Waals surface area contributed by atoms with E-state index < -0.39 is 0 Å². The molecular weight excluding hydrogens is 362 g/mol. The molecule has 5 nitrogen and oxygen atoms in total. The Bertz CT molecular complexity index is 932. The van der Waals surface area contributed by atoms with Gasteiger partial charge in [0.05, 0.1) is 17.6 Å². The van der Waals surface area contributed by atoms with E-state index in [1.807, 2.05) is 36.4 Å². The number of unbranched alkanes of at least 4 members (excludes halogenated alkanes) is 2. The molecular formula is C24H29N3O2. The first-order valence-electron chi connectivity index (χ1n) is 10.7. The minimum atomic E-state index is 0.241. The van der Waals surface area contributed by atoms with Gasteiger partial charge in [0.2, 0.25) is 5.91 Å². The molecule has 152 valence electrons. The second-order valence-corrected chi connectivity index (χ2v) is 7.71. The van der Waals surface area contributed by atoms with Crippen LogP contribution in [0.15, 0.2) is 54.6 Å². The van der Waals surface area contributed by atoms with Crippen LogP contribution in [0.3, 0.4) is 0 Å². The first kappa shape index (κ1) is 19.5. The third-order valence-electron chi connectivity index (χ3n) is 5.38. The van der Waals surface area contributed by atoms with Crippen LogP contribution in [0, 0.1) is 5.92 Å². The fraction of sp³-hybridized carbons (Fsp3) is 0.417. The predicted octanol–water partition coefficient (Wildman–Crippen LogP) is 4.35. The van der Waals surface area contributed by atoms with Gasteiger partial charge in [-0.1, -0.05) is 36.8 Å². The molecule has 5 heteroatoms. The third kappa shape index (κ3) is 5.37. The van der Waals surface area contributed by atoms with Gasteiger partial charge >= 0.3 is 0 Å². The van der Waals surface area contributed by atoms with E-state index >= 15 is 0 Å². The number of para-hydroxylation sites is 3. The van der Waals surface area contributed by atoms with Crippen LogP contribution in [0.4, 0.5) is 0 Å². The molecule has 0 bridgehead atoms. The van der Waals surface area contributed by atoms with Crippen LogP contribution in [-0.2, 0) is 17.8 Å². The second kappa shape index (κ2) is 9.59. The second-order valence-electron chi connectivity index (χ2n) is 7.71. The highest BCUT2D eigenvalue weighted by atomic mass is 16.5. The van der Waals surface area contributed by atoms with Gasteiger partial charge in [-0.15, -0.1) is 0 Å². The Labute approximate surface area is 172 Å². The fourth-order valence-electron chi connectivity index (χ4n) is 3.62. The molecule has 1 fully saturated rings. The monoisotopic (exact) mass is 391 g/mol. The number of nitrogens with zero attached hydrogens (tertiary/aromatic N) is 2. The third-order valence-corrected chi connectivity index (χ3v) is 5.38. The van der Waals surface area contributed by atoms with Gasteiger partial charge in [-0.3, -0.25) is 4.79 Å². The molecule has 0 aliphatic heterocycles. The molecule has 1 aromatic heterocycles. The molecule has 3 aromatic rings. The van der Waals surface area contributed by atoms with E-state index in [0.29, 0.717) is 12.5 Å². The lowest BCUT2D eigenvalue weighted by Gasteiger charge is -2.11. The van der Waals surface area contributed by atoms with Crippen LogP contribution in [0.5, 0.6) is 5.75 Å². The summed E-state index contributed by atoms with van der Waals surface area (Å²) in [6, 6.07) is 18.2. The van der Waals surface area contributed by atoms with Crippen molar-refractivity contribution in [3.8, 4) is 5.75 Å². The van der Waals surface area contributed by atoms with Crippen molar-refractivity contribution in [1.29, 1.82) is 0 Å². The summed E-state index contributed by atoms with van der Waals surface area (Å²) in [5.41, 5.74) is 2.20. The lowest BCUT2D eigenvalue weighted by molar-refractivity contribution is -0.122. The quantitative estimate of drug-likeness (QED) is 0.494.